The van der Waals surface area contributed by atoms with E-state index in [2.05, 4.69) is 35.1 Å². The van der Waals surface area contributed by atoms with Crippen molar-refractivity contribution in [1.82, 2.24) is 5.32 Å². The Bertz CT molecular complexity index is 876. The Morgan fingerprint density at radius 2 is 2.04 bits per heavy atom. The SMILES string of the molecule is Cc1ccc2c(c1)OC(C)(C)CC2NC(=O)COc1ccc(C(C)C)cc1Br. The molecule has 1 N–H and O–H groups in total. The summed E-state index contributed by atoms with van der Waals surface area (Å²) in [6.45, 7) is 10.4. The first-order valence-corrected chi connectivity index (χ1v) is 10.4. The van der Waals surface area contributed by atoms with Gasteiger partial charge >= 0.3 is 0 Å². The van der Waals surface area contributed by atoms with Gasteiger partial charge in [0.15, 0.2) is 6.61 Å². The summed E-state index contributed by atoms with van der Waals surface area (Å²) >= 11 is 3.53. The molecule has 0 saturated heterocycles. The monoisotopic (exact) mass is 445 g/mol. The van der Waals surface area contributed by atoms with Crippen LogP contribution < -0.4 is 14.8 Å². The van der Waals surface area contributed by atoms with Crippen molar-refractivity contribution in [3.05, 3.63) is 57.6 Å². The van der Waals surface area contributed by atoms with Gasteiger partial charge < -0.3 is 14.8 Å². The number of carbonyl (C=O) groups excluding carboxylic acids is 1. The molecule has 0 fully saturated rings. The van der Waals surface area contributed by atoms with Crippen LogP contribution in [0.2, 0.25) is 0 Å². The van der Waals surface area contributed by atoms with Crippen molar-refractivity contribution in [2.24, 2.45) is 0 Å². The van der Waals surface area contributed by atoms with Crippen molar-refractivity contribution in [2.75, 3.05) is 6.61 Å². The standard InChI is InChI=1S/C23H28BrNO3/c1-14(2)16-7-9-20(18(24)11-16)27-13-22(26)25-19-12-23(4,5)28-21-10-15(3)6-8-17(19)21/h6-11,14,19H,12-13H2,1-5H3,(H,25,26). The van der Waals surface area contributed by atoms with Crippen molar-refractivity contribution >= 4 is 21.8 Å². The van der Waals surface area contributed by atoms with Gasteiger partial charge in [-0.05, 0) is 71.9 Å². The summed E-state index contributed by atoms with van der Waals surface area (Å²) in [5, 5.41) is 3.11. The Labute approximate surface area is 175 Å². The third kappa shape index (κ3) is 4.88. The Morgan fingerprint density at radius 3 is 2.71 bits per heavy atom. The van der Waals surface area contributed by atoms with Crippen molar-refractivity contribution < 1.29 is 14.3 Å². The number of benzene rings is 2. The van der Waals surface area contributed by atoms with Gasteiger partial charge in [-0.3, -0.25) is 4.79 Å². The highest BCUT2D eigenvalue weighted by molar-refractivity contribution is 9.10. The van der Waals surface area contributed by atoms with Crippen LogP contribution >= 0.6 is 15.9 Å². The van der Waals surface area contributed by atoms with Crippen LogP contribution in [0, 0.1) is 6.92 Å². The first-order valence-electron chi connectivity index (χ1n) is 9.66. The molecule has 0 aromatic heterocycles. The Morgan fingerprint density at radius 1 is 1.29 bits per heavy atom. The maximum Gasteiger partial charge on any atom is 0.258 e. The van der Waals surface area contributed by atoms with Crippen LogP contribution in [0.3, 0.4) is 0 Å². The molecule has 4 nitrogen and oxygen atoms in total. The van der Waals surface area contributed by atoms with Gasteiger partial charge in [-0.1, -0.05) is 32.0 Å². The van der Waals surface area contributed by atoms with E-state index in [1.54, 1.807) is 0 Å². The highest BCUT2D eigenvalue weighted by Gasteiger charge is 2.34. The molecule has 1 unspecified atom stereocenters. The molecular formula is C23H28BrNO3. The number of rotatable bonds is 5. The second-order valence-electron chi connectivity index (χ2n) is 8.36. The molecule has 3 rings (SSSR count). The van der Waals surface area contributed by atoms with E-state index in [-0.39, 0.29) is 24.2 Å². The van der Waals surface area contributed by atoms with Gasteiger partial charge in [-0.2, -0.15) is 0 Å². The van der Waals surface area contributed by atoms with Gasteiger partial charge in [-0.25, -0.2) is 0 Å². The highest BCUT2D eigenvalue weighted by atomic mass is 79.9. The molecule has 1 heterocycles. The zero-order valence-electron chi connectivity index (χ0n) is 17.1. The summed E-state index contributed by atoms with van der Waals surface area (Å²) < 4.78 is 12.7. The number of aryl methyl sites for hydroxylation is 1. The first-order chi connectivity index (χ1) is 13.1. The quantitative estimate of drug-likeness (QED) is 0.643. The number of halogens is 1. The number of nitrogens with one attached hydrogen (secondary N) is 1. The molecule has 1 aliphatic rings. The van der Waals surface area contributed by atoms with E-state index in [0.717, 1.165) is 21.3 Å². The predicted octanol–water partition coefficient (Wildman–Crippen LogP) is 5.68. The summed E-state index contributed by atoms with van der Waals surface area (Å²) in [5.41, 5.74) is 3.04. The van der Waals surface area contributed by atoms with Crippen LogP contribution in [-0.4, -0.2) is 18.1 Å². The number of hydrogen-bond acceptors (Lipinski definition) is 3. The lowest BCUT2D eigenvalue weighted by Crippen LogP contribution is -2.42. The van der Waals surface area contributed by atoms with Gasteiger partial charge in [0.05, 0.1) is 10.5 Å². The van der Waals surface area contributed by atoms with Crippen LogP contribution in [0.25, 0.3) is 0 Å². The van der Waals surface area contributed by atoms with E-state index in [1.807, 2.05) is 57.2 Å². The van der Waals surface area contributed by atoms with Gasteiger partial charge in [0.1, 0.15) is 17.1 Å². The zero-order valence-corrected chi connectivity index (χ0v) is 18.7. The maximum absolute atomic E-state index is 12.6. The first kappa shape index (κ1) is 20.7. The number of amides is 1. The predicted molar refractivity (Wildman–Crippen MR) is 115 cm³/mol. The summed E-state index contributed by atoms with van der Waals surface area (Å²) in [6, 6.07) is 12.0. The summed E-state index contributed by atoms with van der Waals surface area (Å²) in [4.78, 5) is 12.6. The summed E-state index contributed by atoms with van der Waals surface area (Å²) in [7, 11) is 0. The van der Waals surface area contributed by atoms with Crippen molar-refractivity contribution in [1.29, 1.82) is 0 Å². The molecule has 1 amide bonds. The smallest absolute Gasteiger partial charge is 0.258 e. The van der Waals surface area contributed by atoms with Gasteiger partial charge in [-0.15, -0.1) is 0 Å². The molecule has 5 heteroatoms. The number of carbonyl (C=O) groups is 1. The van der Waals surface area contributed by atoms with E-state index in [0.29, 0.717) is 18.1 Å². The molecule has 2 aromatic carbocycles. The van der Waals surface area contributed by atoms with Crippen LogP contribution in [0.5, 0.6) is 11.5 Å². The average Bonchev–Trinajstić information content (AvgIpc) is 2.59. The van der Waals surface area contributed by atoms with Crippen molar-refractivity contribution in [2.45, 2.75) is 58.6 Å². The lowest BCUT2D eigenvalue weighted by Gasteiger charge is -2.38. The Kier molecular flexibility index (Phi) is 6.04. The topological polar surface area (TPSA) is 47.6 Å². The van der Waals surface area contributed by atoms with Gasteiger partial charge in [0.25, 0.3) is 5.91 Å². The molecule has 0 saturated carbocycles. The van der Waals surface area contributed by atoms with E-state index >= 15 is 0 Å². The molecule has 1 atom stereocenters. The Hall–Kier alpha value is -2.01. The number of fused-ring (bicyclic) bond motifs is 1. The fourth-order valence-corrected chi connectivity index (χ4v) is 3.97. The normalized spacial score (nSPS) is 17.6. The summed E-state index contributed by atoms with van der Waals surface area (Å²) in [5.74, 6) is 1.81. The number of hydrogen-bond donors (Lipinski definition) is 1. The third-order valence-electron chi connectivity index (χ3n) is 4.94. The van der Waals surface area contributed by atoms with Crippen molar-refractivity contribution in [3.63, 3.8) is 0 Å². The van der Waals surface area contributed by atoms with E-state index in [1.165, 1.54) is 5.56 Å². The van der Waals surface area contributed by atoms with Crippen LogP contribution in [0.4, 0.5) is 0 Å². The van der Waals surface area contributed by atoms with E-state index in [9.17, 15) is 4.79 Å². The van der Waals surface area contributed by atoms with Crippen LogP contribution in [0.15, 0.2) is 40.9 Å². The molecule has 0 radical (unpaired) electrons. The second-order valence-corrected chi connectivity index (χ2v) is 9.21. The molecular weight excluding hydrogens is 418 g/mol. The molecule has 0 aliphatic carbocycles. The van der Waals surface area contributed by atoms with Gasteiger partial charge in [0, 0.05) is 12.0 Å². The average molecular weight is 446 g/mol. The molecule has 2 aromatic rings. The van der Waals surface area contributed by atoms with Crippen LogP contribution in [-0.2, 0) is 4.79 Å². The highest BCUT2D eigenvalue weighted by Crippen LogP contribution is 2.39. The lowest BCUT2D eigenvalue weighted by atomic mass is 9.89. The largest absolute Gasteiger partial charge is 0.487 e. The maximum atomic E-state index is 12.6. The third-order valence-corrected chi connectivity index (χ3v) is 5.56. The molecule has 28 heavy (non-hydrogen) atoms. The van der Waals surface area contributed by atoms with E-state index in [4.69, 9.17) is 9.47 Å². The molecule has 0 bridgehead atoms. The van der Waals surface area contributed by atoms with Crippen molar-refractivity contribution in [3.8, 4) is 11.5 Å². The van der Waals surface area contributed by atoms with E-state index < -0.39 is 0 Å². The Balaban J connectivity index is 1.67. The fraction of sp³-hybridized carbons (Fsp3) is 0.435. The second kappa shape index (κ2) is 8.16. The fourth-order valence-electron chi connectivity index (χ4n) is 3.46. The minimum atomic E-state index is -0.338. The summed E-state index contributed by atoms with van der Waals surface area (Å²) in [6.07, 6.45) is 0.710. The molecule has 0 spiro atoms. The lowest BCUT2D eigenvalue weighted by molar-refractivity contribution is -0.124. The zero-order chi connectivity index (χ0) is 20.5. The number of ether oxygens (including phenoxy) is 2. The van der Waals surface area contributed by atoms with Crippen LogP contribution in [0.1, 0.15) is 62.8 Å². The molecule has 150 valence electrons. The molecule has 1 aliphatic heterocycles. The minimum absolute atomic E-state index is 0.0292. The minimum Gasteiger partial charge on any atom is -0.487 e. The van der Waals surface area contributed by atoms with Gasteiger partial charge in [0.2, 0.25) is 0 Å².